The molecular formula is C18H22N4O3. The van der Waals surface area contributed by atoms with E-state index in [1.165, 1.54) is 7.11 Å². The van der Waals surface area contributed by atoms with Crippen LogP contribution < -0.4 is 10.2 Å². The Kier molecular flexibility index (Phi) is 5.45. The number of nitrogens with one attached hydrogen (secondary N) is 1. The Labute approximate surface area is 146 Å². The lowest BCUT2D eigenvalue weighted by Gasteiger charge is -2.17. The van der Waals surface area contributed by atoms with Crippen molar-refractivity contribution in [2.45, 2.75) is 32.0 Å². The number of hydrogen-bond donors (Lipinski definition) is 1. The Morgan fingerprint density at radius 1 is 1.36 bits per heavy atom. The van der Waals surface area contributed by atoms with E-state index in [0.29, 0.717) is 32.5 Å². The summed E-state index contributed by atoms with van der Waals surface area (Å²) in [6, 6.07) is 9.83. The molecule has 1 aromatic carbocycles. The summed E-state index contributed by atoms with van der Waals surface area (Å²) in [5, 5.41) is 7.65. The molecule has 2 heterocycles. The molecular weight excluding hydrogens is 320 g/mol. The van der Waals surface area contributed by atoms with E-state index in [1.54, 1.807) is 10.9 Å². The fraction of sp³-hybridized carbons (Fsp3) is 0.389. The number of nitrogens with zero attached hydrogens (tertiary/aromatic N) is 3. The van der Waals surface area contributed by atoms with Crippen LogP contribution in [0.5, 0.6) is 0 Å². The van der Waals surface area contributed by atoms with Gasteiger partial charge in [0.2, 0.25) is 5.91 Å². The number of hydrogen-bond acceptors (Lipinski definition) is 5. The Morgan fingerprint density at radius 2 is 2.16 bits per heavy atom. The summed E-state index contributed by atoms with van der Waals surface area (Å²) in [4.78, 5) is 25.2. The molecule has 0 bridgehead atoms. The van der Waals surface area contributed by atoms with Gasteiger partial charge in [-0.1, -0.05) is 18.2 Å². The zero-order valence-electron chi connectivity index (χ0n) is 14.2. The number of carbonyl (C=O) groups excluding carboxylic acids is 2. The lowest BCUT2D eigenvalue weighted by atomic mass is 10.2. The number of benzene rings is 1. The lowest BCUT2D eigenvalue weighted by Crippen LogP contribution is -2.32. The number of methoxy groups -OCH3 is 1. The van der Waals surface area contributed by atoms with E-state index < -0.39 is 0 Å². The van der Waals surface area contributed by atoms with Crippen LogP contribution >= 0.6 is 0 Å². The number of carbonyl (C=O) groups is 2. The molecule has 1 saturated heterocycles. The van der Waals surface area contributed by atoms with Crippen LogP contribution in [0.4, 0.5) is 5.69 Å². The summed E-state index contributed by atoms with van der Waals surface area (Å²) in [5.41, 5.74) is 1.96. The largest absolute Gasteiger partial charge is 0.469 e. The molecule has 2 aromatic rings. The Bertz CT molecular complexity index is 729. The minimum absolute atomic E-state index is 0.117. The first-order chi connectivity index (χ1) is 12.2. The highest BCUT2D eigenvalue weighted by Gasteiger charge is 2.30. The molecule has 1 N–H and O–H groups in total. The van der Waals surface area contributed by atoms with Gasteiger partial charge in [0.25, 0.3) is 0 Å². The van der Waals surface area contributed by atoms with Crippen LogP contribution in [0.2, 0.25) is 0 Å². The number of aromatic nitrogens is 2. The second-order valence-electron chi connectivity index (χ2n) is 6.06. The van der Waals surface area contributed by atoms with Gasteiger partial charge in [0.15, 0.2) is 0 Å². The zero-order valence-corrected chi connectivity index (χ0v) is 14.2. The number of amides is 1. The third-order valence-electron chi connectivity index (χ3n) is 4.25. The van der Waals surface area contributed by atoms with Gasteiger partial charge in [0, 0.05) is 43.0 Å². The summed E-state index contributed by atoms with van der Waals surface area (Å²) in [7, 11) is 1.38. The fourth-order valence-electron chi connectivity index (χ4n) is 2.89. The number of rotatable bonds is 7. The highest BCUT2D eigenvalue weighted by molar-refractivity contribution is 5.96. The average Bonchev–Trinajstić information content (AvgIpc) is 3.25. The van der Waals surface area contributed by atoms with Crippen molar-refractivity contribution in [1.82, 2.24) is 15.1 Å². The normalized spacial score (nSPS) is 17.1. The van der Waals surface area contributed by atoms with E-state index in [9.17, 15) is 9.59 Å². The topological polar surface area (TPSA) is 76.5 Å². The molecule has 0 aliphatic carbocycles. The van der Waals surface area contributed by atoms with Crippen molar-refractivity contribution in [2.24, 2.45) is 0 Å². The van der Waals surface area contributed by atoms with Gasteiger partial charge >= 0.3 is 5.97 Å². The van der Waals surface area contributed by atoms with E-state index >= 15 is 0 Å². The molecule has 0 unspecified atom stereocenters. The van der Waals surface area contributed by atoms with Gasteiger partial charge in [0.1, 0.15) is 0 Å². The smallest absolute Gasteiger partial charge is 0.307 e. The predicted octanol–water partition coefficient (Wildman–Crippen LogP) is 1.34. The molecule has 1 aliphatic heterocycles. The van der Waals surface area contributed by atoms with Crippen molar-refractivity contribution in [3.8, 4) is 0 Å². The van der Waals surface area contributed by atoms with Gasteiger partial charge in [-0.25, -0.2) is 0 Å². The predicted molar refractivity (Wildman–Crippen MR) is 92.9 cm³/mol. The fourth-order valence-corrected chi connectivity index (χ4v) is 2.89. The van der Waals surface area contributed by atoms with Crippen molar-refractivity contribution in [3.05, 3.63) is 48.3 Å². The maximum absolute atomic E-state index is 12.2. The van der Waals surface area contributed by atoms with Crippen LogP contribution in [-0.2, 0) is 27.4 Å². The van der Waals surface area contributed by atoms with Crippen LogP contribution in [0.25, 0.3) is 0 Å². The number of para-hydroxylation sites is 1. The monoisotopic (exact) mass is 342 g/mol. The molecule has 0 spiro atoms. The molecule has 0 radical (unpaired) electrons. The van der Waals surface area contributed by atoms with Gasteiger partial charge in [-0.15, -0.1) is 0 Å². The summed E-state index contributed by atoms with van der Waals surface area (Å²) in [6.45, 7) is 1.80. The third kappa shape index (κ3) is 4.45. The third-order valence-corrected chi connectivity index (χ3v) is 4.25. The van der Waals surface area contributed by atoms with E-state index in [4.69, 9.17) is 0 Å². The lowest BCUT2D eigenvalue weighted by molar-refractivity contribution is -0.140. The van der Waals surface area contributed by atoms with E-state index in [2.05, 4.69) is 15.2 Å². The second-order valence-corrected chi connectivity index (χ2v) is 6.06. The van der Waals surface area contributed by atoms with E-state index in [-0.39, 0.29) is 17.9 Å². The van der Waals surface area contributed by atoms with E-state index in [0.717, 1.165) is 11.3 Å². The van der Waals surface area contributed by atoms with E-state index in [1.807, 2.05) is 41.4 Å². The first kappa shape index (κ1) is 17.2. The highest BCUT2D eigenvalue weighted by atomic mass is 16.5. The maximum atomic E-state index is 12.2. The second kappa shape index (κ2) is 7.94. The zero-order chi connectivity index (χ0) is 17.6. The SMILES string of the molecule is COC(=O)CCn1cc(CN[C@H]2CC(=O)N(c3ccccc3)C2)cn1. The summed E-state index contributed by atoms with van der Waals surface area (Å²) >= 11 is 0. The number of esters is 1. The first-order valence-corrected chi connectivity index (χ1v) is 8.32. The number of ether oxygens (including phenoxy) is 1. The first-order valence-electron chi connectivity index (χ1n) is 8.32. The highest BCUT2D eigenvalue weighted by Crippen LogP contribution is 2.21. The molecule has 1 fully saturated rings. The van der Waals surface area contributed by atoms with Crippen molar-refractivity contribution in [1.29, 1.82) is 0 Å². The molecule has 3 rings (SSSR count). The molecule has 132 valence electrons. The Morgan fingerprint density at radius 3 is 2.92 bits per heavy atom. The van der Waals surface area contributed by atoms with Crippen molar-refractivity contribution in [3.63, 3.8) is 0 Å². The van der Waals surface area contributed by atoms with Crippen molar-refractivity contribution < 1.29 is 14.3 Å². The summed E-state index contributed by atoms with van der Waals surface area (Å²) < 4.78 is 6.35. The Hall–Kier alpha value is -2.67. The van der Waals surface area contributed by atoms with Gasteiger partial charge in [-0.3, -0.25) is 14.3 Å². The van der Waals surface area contributed by atoms with Gasteiger partial charge in [-0.2, -0.15) is 5.10 Å². The molecule has 1 atom stereocenters. The molecule has 7 heteroatoms. The minimum atomic E-state index is -0.249. The standard InChI is InChI=1S/C18H22N4O3/c1-25-18(24)7-8-21-12-14(11-20-21)10-19-15-9-17(23)22(13-15)16-5-3-2-4-6-16/h2-6,11-12,15,19H,7-10,13H2,1H3/t15-/m0/s1. The number of aryl methyl sites for hydroxylation is 1. The molecule has 0 saturated carbocycles. The molecule has 7 nitrogen and oxygen atoms in total. The molecule has 1 amide bonds. The van der Waals surface area contributed by atoms with Crippen LogP contribution in [0.3, 0.4) is 0 Å². The van der Waals surface area contributed by atoms with Crippen LogP contribution in [0.15, 0.2) is 42.7 Å². The van der Waals surface area contributed by atoms with Crippen LogP contribution in [0, 0.1) is 0 Å². The van der Waals surface area contributed by atoms with Gasteiger partial charge in [-0.05, 0) is 12.1 Å². The minimum Gasteiger partial charge on any atom is -0.469 e. The summed E-state index contributed by atoms with van der Waals surface area (Å²) in [5.74, 6) is -0.113. The Balaban J connectivity index is 1.49. The molecule has 25 heavy (non-hydrogen) atoms. The van der Waals surface area contributed by atoms with Crippen LogP contribution in [0.1, 0.15) is 18.4 Å². The maximum Gasteiger partial charge on any atom is 0.307 e. The molecule has 1 aromatic heterocycles. The molecule has 1 aliphatic rings. The van der Waals surface area contributed by atoms with Crippen molar-refractivity contribution in [2.75, 3.05) is 18.6 Å². The average molecular weight is 342 g/mol. The quantitative estimate of drug-likeness (QED) is 0.769. The summed E-state index contributed by atoms with van der Waals surface area (Å²) in [6.07, 6.45) is 4.47. The van der Waals surface area contributed by atoms with Crippen LogP contribution in [-0.4, -0.2) is 41.4 Å². The van der Waals surface area contributed by atoms with Gasteiger partial charge in [0.05, 0.1) is 26.3 Å². The van der Waals surface area contributed by atoms with Gasteiger partial charge < -0.3 is 15.0 Å². The number of anilines is 1. The van der Waals surface area contributed by atoms with Crippen molar-refractivity contribution >= 4 is 17.6 Å².